The van der Waals surface area contributed by atoms with Crippen molar-refractivity contribution in [1.82, 2.24) is 9.97 Å². The summed E-state index contributed by atoms with van der Waals surface area (Å²) < 4.78 is 0. The normalized spacial score (nSPS) is 9.62. The highest BCUT2D eigenvalue weighted by Crippen LogP contribution is 2.13. The first-order valence-corrected chi connectivity index (χ1v) is 6.50. The number of nitrogens with zero attached hydrogens (tertiary/aromatic N) is 2. The summed E-state index contributed by atoms with van der Waals surface area (Å²) in [6.45, 7) is 1.81. The van der Waals surface area contributed by atoms with Crippen molar-refractivity contribution >= 4 is 11.6 Å². The third kappa shape index (κ3) is 3.88. The fourth-order valence-corrected chi connectivity index (χ4v) is 1.70. The Hall–Kier alpha value is -2.71. The number of carbonyl (C=O) groups is 1. The molecule has 0 radical (unpaired) electrons. The van der Waals surface area contributed by atoms with Gasteiger partial charge in [-0.05, 0) is 31.2 Å². The lowest BCUT2D eigenvalue weighted by molar-refractivity contribution is 0.102. The number of anilines is 1. The number of hydrogen-bond acceptors (Lipinski definition) is 4. The second-order valence-electron chi connectivity index (χ2n) is 4.27. The summed E-state index contributed by atoms with van der Waals surface area (Å²) in [5.74, 6) is 5.30. The van der Waals surface area contributed by atoms with E-state index >= 15 is 0 Å². The number of amides is 1. The Balaban J connectivity index is 2.24. The van der Waals surface area contributed by atoms with Crippen molar-refractivity contribution in [3.8, 4) is 11.8 Å². The Morgan fingerprint density at radius 3 is 2.81 bits per heavy atom. The van der Waals surface area contributed by atoms with Gasteiger partial charge >= 0.3 is 0 Å². The predicted molar refractivity (Wildman–Crippen MR) is 79.7 cm³/mol. The van der Waals surface area contributed by atoms with E-state index in [1.54, 1.807) is 36.7 Å². The van der Waals surface area contributed by atoms with Crippen LogP contribution in [-0.2, 0) is 0 Å². The molecule has 21 heavy (non-hydrogen) atoms. The van der Waals surface area contributed by atoms with E-state index in [1.807, 2.05) is 6.92 Å². The Morgan fingerprint density at radius 2 is 2.05 bits per heavy atom. The maximum absolute atomic E-state index is 12.3. The average Bonchev–Trinajstić information content (AvgIpc) is 2.50. The summed E-state index contributed by atoms with van der Waals surface area (Å²) in [6.07, 6.45) is 3.57. The van der Waals surface area contributed by atoms with Crippen LogP contribution >= 0.6 is 0 Å². The van der Waals surface area contributed by atoms with E-state index in [0.717, 1.165) is 5.69 Å². The van der Waals surface area contributed by atoms with Crippen molar-refractivity contribution in [3.05, 3.63) is 53.6 Å². The molecule has 0 aliphatic rings. The Kier molecular flexibility index (Phi) is 5.02. The lowest BCUT2D eigenvalue weighted by Gasteiger charge is -2.07. The second kappa shape index (κ2) is 7.17. The third-order valence-corrected chi connectivity index (χ3v) is 2.74. The highest BCUT2D eigenvalue weighted by molar-refractivity contribution is 6.04. The smallest absolute Gasteiger partial charge is 0.275 e. The molecule has 0 saturated heterocycles. The largest absolute Gasteiger partial charge is 0.395 e. The van der Waals surface area contributed by atoms with Gasteiger partial charge in [0, 0.05) is 18.8 Å². The first-order chi connectivity index (χ1) is 10.2. The maximum Gasteiger partial charge on any atom is 0.275 e. The minimum atomic E-state index is -0.333. The van der Waals surface area contributed by atoms with Crippen LogP contribution in [0, 0.1) is 18.8 Å². The molecule has 2 heterocycles. The van der Waals surface area contributed by atoms with Crippen LogP contribution in [-0.4, -0.2) is 27.6 Å². The quantitative estimate of drug-likeness (QED) is 0.841. The van der Waals surface area contributed by atoms with Gasteiger partial charge in [0.1, 0.15) is 5.69 Å². The van der Waals surface area contributed by atoms with Crippen LogP contribution in [0.1, 0.15) is 28.2 Å². The van der Waals surface area contributed by atoms with Crippen LogP contribution in [0.3, 0.4) is 0 Å². The van der Waals surface area contributed by atoms with Crippen molar-refractivity contribution < 1.29 is 9.90 Å². The van der Waals surface area contributed by atoms with Gasteiger partial charge in [-0.1, -0.05) is 11.8 Å². The summed E-state index contributed by atoms with van der Waals surface area (Å²) in [4.78, 5) is 20.5. The molecular weight excluding hydrogens is 266 g/mol. The SMILES string of the molecule is Cc1ncccc1NC(=O)c1ncccc1C#CCCO. The van der Waals surface area contributed by atoms with Gasteiger partial charge in [-0.25, -0.2) is 4.98 Å². The Morgan fingerprint density at radius 1 is 1.29 bits per heavy atom. The number of aryl methyl sites for hydroxylation is 1. The molecule has 0 aliphatic carbocycles. The Bertz CT molecular complexity index is 702. The van der Waals surface area contributed by atoms with Crippen LogP contribution in [0.5, 0.6) is 0 Å². The molecule has 0 fully saturated rings. The van der Waals surface area contributed by atoms with E-state index in [2.05, 4.69) is 27.1 Å². The zero-order valence-corrected chi connectivity index (χ0v) is 11.6. The van der Waals surface area contributed by atoms with Gasteiger partial charge in [-0.15, -0.1) is 0 Å². The molecular formula is C16H15N3O2. The fourth-order valence-electron chi connectivity index (χ4n) is 1.70. The second-order valence-corrected chi connectivity index (χ2v) is 4.27. The van der Waals surface area contributed by atoms with Crippen LogP contribution in [0.2, 0.25) is 0 Å². The van der Waals surface area contributed by atoms with Gasteiger partial charge < -0.3 is 10.4 Å². The standard InChI is InChI=1S/C16H15N3O2/c1-12-14(8-5-9-17-12)19-16(21)15-13(6-2-3-11-20)7-4-10-18-15/h4-5,7-10,20H,3,11H2,1H3,(H,19,21). The van der Waals surface area contributed by atoms with Crippen molar-refractivity contribution in [1.29, 1.82) is 0 Å². The monoisotopic (exact) mass is 281 g/mol. The average molecular weight is 281 g/mol. The number of carbonyl (C=O) groups excluding carboxylic acids is 1. The summed E-state index contributed by atoms with van der Waals surface area (Å²) in [6, 6.07) is 6.97. The first kappa shape index (κ1) is 14.7. The van der Waals surface area contributed by atoms with Crippen molar-refractivity contribution in [2.75, 3.05) is 11.9 Å². The molecule has 2 aromatic rings. The van der Waals surface area contributed by atoms with Crippen molar-refractivity contribution in [2.45, 2.75) is 13.3 Å². The maximum atomic E-state index is 12.3. The van der Waals surface area contributed by atoms with E-state index in [-0.39, 0.29) is 18.2 Å². The van der Waals surface area contributed by atoms with E-state index < -0.39 is 0 Å². The zero-order chi connectivity index (χ0) is 15.1. The molecule has 2 aromatic heterocycles. The number of nitrogens with one attached hydrogen (secondary N) is 1. The van der Waals surface area contributed by atoms with Gasteiger partial charge in [-0.3, -0.25) is 9.78 Å². The summed E-state index contributed by atoms with van der Waals surface area (Å²) in [5, 5.41) is 11.5. The number of aliphatic hydroxyl groups excluding tert-OH is 1. The molecule has 0 unspecified atom stereocenters. The minimum absolute atomic E-state index is 0.0102. The zero-order valence-electron chi connectivity index (χ0n) is 11.6. The number of rotatable bonds is 3. The van der Waals surface area contributed by atoms with Crippen molar-refractivity contribution in [2.24, 2.45) is 0 Å². The van der Waals surface area contributed by atoms with E-state index in [4.69, 9.17) is 5.11 Å². The number of aliphatic hydroxyl groups is 1. The van der Waals surface area contributed by atoms with E-state index in [9.17, 15) is 4.79 Å². The number of pyridine rings is 2. The fraction of sp³-hybridized carbons (Fsp3) is 0.188. The first-order valence-electron chi connectivity index (χ1n) is 6.50. The van der Waals surface area contributed by atoms with Gasteiger partial charge in [0.15, 0.2) is 0 Å². The topological polar surface area (TPSA) is 75.1 Å². The molecule has 2 N–H and O–H groups in total. The van der Waals surface area contributed by atoms with Gasteiger partial charge in [0.2, 0.25) is 0 Å². The highest BCUT2D eigenvalue weighted by Gasteiger charge is 2.12. The van der Waals surface area contributed by atoms with Crippen LogP contribution in [0.15, 0.2) is 36.7 Å². The molecule has 0 bridgehead atoms. The molecule has 0 spiro atoms. The van der Waals surface area contributed by atoms with E-state index in [0.29, 0.717) is 17.7 Å². The lowest BCUT2D eigenvalue weighted by atomic mass is 10.1. The molecule has 1 amide bonds. The van der Waals surface area contributed by atoms with E-state index in [1.165, 1.54) is 0 Å². The van der Waals surface area contributed by atoms with Crippen LogP contribution in [0.25, 0.3) is 0 Å². The molecule has 5 nitrogen and oxygen atoms in total. The molecule has 0 aromatic carbocycles. The number of hydrogen-bond donors (Lipinski definition) is 2. The number of aromatic nitrogens is 2. The van der Waals surface area contributed by atoms with Gasteiger partial charge in [-0.2, -0.15) is 0 Å². The lowest BCUT2D eigenvalue weighted by Crippen LogP contribution is -2.16. The summed E-state index contributed by atoms with van der Waals surface area (Å²) >= 11 is 0. The molecule has 5 heteroatoms. The molecule has 0 atom stereocenters. The molecule has 0 aliphatic heterocycles. The van der Waals surface area contributed by atoms with Gasteiger partial charge in [0.05, 0.1) is 23.6 Å². The third-order valence-electron chi connectivity index (χ3n) is 2.74. The molecule has 2 rings (SSSR count). The summed E-state index contributed by atoms with van der Waals surface area (Å²) in [5.41, 5.74) is 2.16. The molecule has 106 valence electrons. The van der Waals surface area contributed by atoms with Crippen LogP contribution in [0.4, 0.5) is 5.69 Å². The predicted octanol–water partition coefficient (Wildman–Crippen LogP) is 1.77. The Labute approximate surface area is 123 Å². The summed E-state index contributed by atoms with van der Waals surface area (Å²) in [7, 11) is 0. The van der Waals surface area contributed by atoms with Gasteiger partial charge in [0.25, 0.3) is 5.91 Å². The van der Waals surface area contributed by atoms with Crippen LogP contribution < -0.4 is 5.32 Å². The van der Waals surface area contributed by atoms with Crippen molar-refractivity contribution in [3.63, 3.8) is 0 Å². The molecule has 0 saturated carbocycles. The highest BCUT2D eigenvalue weighted by atomic mass is 16.2. The minimum Gasteiger partial charge on any atom is -0.395 e.